The van der Waals surface area contributed by atoms with E-state index in [0.29, 0.717) is 24.3 Å². The Hall–Kier alpha value is -3.05. The van der Waals surface area contributed by atoms with Gasteiger partial charge in [0.15, 0.2) is 0 Å². The second kappa shape index (κ2) is 10.7. The van der Waals surface area contributed by atoms with Gasteiger partial charge in [0, 0.05) is 37.2 Å². The highest BCUT2D eigenvalue weighted by Gasteiger charge is 2.42. The van der Waals surface area contributed by atoms with Gasteiger partial charge in [0.2, 0.25) is 0 Å². The van der Waals surface area contributed by atoms with Crippen LogP contribution >= 0.6 is 0 Å². The Morgan fingerprint density at radius 1 is 1.17 bits per heavy atom. The first-order valence-corrected chi connectivity index (χ1v) is 12.0. The molecular weight excluding hydrogens is 459 g/mol. The summed E-state index contributed by atoms with van der Waals surface area (Å²) in [4.78, 5) is 33.4. The van der Waals surface area contributed by atoms with Crippen LogP contribution in [0, 0.1) is 5.82 Å². The number of aryl methyl sites for hydroxylation is 1. The maximum atomic E-state index is 13.8. The summed E-state index contributed by atoms with van der Waals surface area (Å²) in [5, 5.41) is 19.4. The third-order valence-electron chi connectivity index (χ3n) is 7.09. The Bertz CT molecular complexity index is 1110. The molecule has 0 spiro atoms. The fraction of sp³-hybridized carbons (Fsp3) is 0.583. The SMILES string of the molecule is CC(CN1C2CCC1CC(OCc1ccccc1F)C2)n1nc2n(c1=O)CCC2.O=C(O)C(=O)O. The average Bonchev–Trinajstić information content (AvgIpc) is 3.47. The van der Waals surface area contributed by atoms with E-state index < -0.39 is 11.9 Å². The molecular formula is C24H31FN4O6. The lowest BCUT2D eigenvalue weighted by Crippen LogP contribution is -2.48. The summed E-state index contributed by atoms with van der Waals surface area (Å²) in [7, 11) is 0. The quantitative estimate of drug-likeness (QED) is 0.589. The molecule has 190 valence electrons. The van der Waals surface area contributed by atoms with Crippen LogP contribution in [0.4, 0.5) is 4.39 Å². The molecule has 3 aliphatic heterocycles. The van der Waals surface area contributed by atoms with E-state index in [1.807, 2.05) is 10.6 Å². The van der Waals surface area contributed by atoms with Crippen LogP contribution in [0.5, 0.6) is 0 Å². The first kappa shape index (κ1) is 25.1. The highest BCUT2D eigenvalue weighted by atomic mass is 19.1. The topological polar surface area (TPSA) is 127 Å². The molecule has 0 saturated carbocycles. The molecule has 5 rings (SSSR count). The van der Waals surface area contributed by atoms with Crippen molar-refractivity contribution in [1.82, 2.24) is 19.2 Å². The van der Waals surface area contributed by atoms with Gasteiger partial charge >= 0.3 is 17.6 Å². The zero-order valence-corrected chi connectivity index (χ0v) is 19.7. The number of rotatable bonds is 6. The molecule has 35 heavy (non-hydrogen) atoms. The lowest BCUT2D eigenvalue weighted by atomic mass is 9.99. The molecule has 2 N–H and O–H groups in total. The van der Waals surface area contributed by atoms with E-state index in [0.717, 1.165) is 44.6 Å². The highest BCUT2D eigenvalue weighted by molar-refractivity contribution is 6.27. The van der Waals surface area contributed by atoms with E-state index in [1.165, 1.54) is 18.9 Å². The number of hydrogen-bond acceptors (Lipinski definition) is 6. The molecule has 10 nitrogen and oxygen atoms in total. The van der Waals surface area contributed by atoms with Gasteiger partial charge in [-0.3, -0.25) is 9.47 Å². The summed E-state index contributed by atoms with van der Waals surface area (Å²) < 4.78 is 23.5. The molecule has 2 aromatic rings. The maximum absolute atomic E-state index is 13.8. The summed E-state index contributed by atoms with van der Waals surface area (Å²) in [5.41, 5.74) is 0.670. The second-order valence-corrected chi connectivity index (χ2v) is 9.44. The number of halogens is 1. The normalized spacial score (nSPS) is 23.9. The molecule has 11 heteroatoms. The molecule has 1 aromatic heterocycles. The summed E-state index contributed by atoms with van der Waals surface area (Å²) in [6.45, 7) is 4.09. The average molecular weight is 491 g/mol. The lowest BCUT2D eigenvalue weighted by molar-refractivity contribution is -0.159. The summed E-state index contributed by atoms with van der Waals surface area (Å²) in [6, 6.07) is 7.86. The summed E-state index contributed by atoms with van der Waals surface area (Å²) in [5.74, 6) is -2.91. The second-order valence-electron chi connectivity index (χ2n) is 9.44. The number of ether oxygens (including phenoxy) is 1. The molecule has 3 aliphatic rings. The number of piperidine rings is 1. The molecule has 3 atom stereocenters. The minimum Gasteiger partial charge on any atom is -0.473 e. The number of aliphatic carboxylic acids is 2. The first-order chi connectivity index (χ1) is 16.7. The van der Waals surface area contributed by atoms with Gasteiger partial charge in [-0.1, -0.05) is 18.2 Å². The zero-order chi connectivity index (χ0) is 25.1. The lowest BCUT2D eigenvalue weighted by Gasteiger charge is -2.40. The van der Waals surface area contributed by atoms with Gasteiger partial charge in [-0.15, -0.1) is 0 Å². The molecule has 4 heterocycles. The Balaban J connectivity index is 0.000000431. The molecule has 0 radical (unpaired) electrons. The van der Waals surface area contributed by atoms with Gasteiger partial charge in [0.25, 0.3) is 0 Å². The van der Waals surface area contributed by atoms with Crippen LogP contribution in [0.1, 0.15) is 56.5 Å². The number of fused-ring (bicyclic) bond motifs is 3. The van der Waals surface area contributed by atoms with Crippen LogP contribution in [0.2, 0.25) is 0 Å². The molecule has 2 saturated heterocycles. The minimum atomic E-state index is -1.82. The van der Waals surface area contributed by atoms with Crippen LogP contribution in [0.15, 0.2) is 29.1 Å². The van der Waals surface area contributed by atoms with Crippen molar-refractivity contribution in [2.75, 3.05) is 6.54 Å². The van der Waals surface area contributed by atoms with E-state index in [1.54, 1.807) is 16.8 Å². The van der Waals surface area contributed by atoms with Crippen LogP contribution in [0.25, 0.3) is 0 Å². The monoisotopic (exact) mass is 490 g/mol. The van der Waals surface area contributed by atoms with Crippen LogP contribution in [-0.2, 0) is 33.9 Å². The van der Waals surface area contributed by atoms with E-state index in [-0.39, 0.29) is 23.7 Å². The Morgan fingerprint density at radius 3 is 2.43 bits per heavy atom. The van der Waals surface area contributed by atoms with Crippen molar-refractivity contribution in [1.29, 1.82) is 0 Å². The van der Waals surface area contributed by atoms with Gasteiger partial charge in [0.05, 0.1) is 18.8 Å². The predicted octanol–water partition coefficient (Wildman–Crippen LogP) is 2.06. The predicted molar refractivity (Wildman–Crippen MR) is 123 cm³/mol. The summed E-state index contributed by atoms with van der Waals surface area (Å²) in [6.07, 6.45) is 6.41. The molecule has 0 aliphatic carbocycles. The highest BCUT2D eigenvalue weighted by Crippen LogP contribution is 2.38. The van der Waals surface area contributed by atoms with Gasteiger partial charge < -0.3 is 14.9 Å². The minimum absolute atomic E-state index is 0.0421. The maximum Gasteiger partial charge on any atom is 0.414 e. The standard InChI is InChI=1S/C22H29FN4O2.C2H2O4/c1-15(27-22(28)25-10-4-7-21(25)24-27)13-26-17-8-9-18(26)12-19(11-17)29-14-16-5-2-3-6-20(16)23;3-1(4)2(5)6/h2-3,5-6,15,17-19H,4,7-14H2,1H3;(H,3,4)(H,5,6). The van der Waals surface area contributed by atoms with Gasteiger partial charge in [-0.05, 0) is 45.1 Å². The van der Waals surface area contributed by atoms with Crippen molar-refractivity contribution in [2.45, 2.75) is 82.8 Å². The van der Waals surface area contributed by atoms with Crippen molar-refractivity contribution in [2.24, 2.45) is 0 Å². The first-order valence-electron chi connectivity index (χ1n) is 12.0. The molecule has 2 fully saturated rings. The third kappa shape index (κ3) is 5.62. The molecule has 2 bridgehead atoms. The Labute approximate surface area is 201 Å². The van der Waals surface area contributed by atoms with Gasteiger partial charge in [0.1, 0.15) is 11.6 Å². The van der Waals surface area contributed by atoms with Gasteiger partial charge in [-0.2, -0.15) is 5.10 Å². The van der Waals surface area contributed by atoms with Crippen molar-refractivity contribution < 1.29 is 28.9 Å². The molecule has 0 amide bonds. The number of carboxylic acids is 2. The number of nitrogens with zero attached hydrogens (tertiary/aromatic N) is 4. The number of aromatic nitrogens is 3. The number of carbonyl (C=O) groups is 2. The number of carboxylic acid groups (broad SMARTS) is 2. The largest absolute Gasteiger partial charge is 0.473 e. The van der Waals surface area contributed by atoms with E-state index in [2.05, 4.69) is 16.9 Å². The molecule has 1 aromatic carbocycles. The smallest absolute Gasteiger partial charge is 0.414 e. The fourth-order valence-electron chi connectivity index (χ4n) is 5.41. The molecule has 3 unspecified atom stereocenters. The Morgan fingerprint density at radius 2 is 1.83 bits per heavy atom. The van der Waals surface area contributed by atoms with E-state index >= 15 is 0 Å². The van der Waals surface area contributed by atoms with Crippen molar-refractivity contribution in [3.05, 3.63) is 52.0 Å². The van der Waals surface area contributed by atoms with Crippen LogP contribution < -0.4 is 5.69 Å². The van der Waals surface area contributed by atoms with Crippen molar-refractivity contribution >= 4 is 11.9 Å². The van der Waals surface area contributed by atoms with Crippen molar-refractivity contribution in [3.63, 3.8) is 0 Å². The van der Waals surface area contributed by atoms with Crippen LogP contribution in [-0.4, -0.2) is 66.1 Å². The van der Waals surface area contributed by atoms with E-state index in [9.17, 15) is 9.18 Å². The van der Waals surface area contributed by atoms with E-state index in [4.69, 9.17) is 24.5 Å². The number of hydrogen-bond donors (Lipinski definition) is 2. The van der Waals surface area contributed by atoms with Gasteiger partial charge in [-0.25, -0.2) is 23.5 Å². The number of benzene rings is 1. The third-order valence-corrected chi connectivity index (χ3v) is 7.09. The zero-order valence-electron chi connectivity index (χ0n) is 19.7. The van der Waals surface area contributed by atoms with Crippen molar-refractivity contribution in [3.8, 4) is 0 Å². The van der Waals surface area contributed by atoms with Crippen LogP contribution in [0.3, 0.4) is 0 Å². The Kier molecular flexibility index (Phi) is 7.66. The summed E-state index contributed by atoms with van der Waals surface area (Å²) >= 11 is 0. The fourth-order valence-corrected chi connectivity index (χ4v) is 5.41.